The van der Waals surface area contributed by atoms with E-state index in [9.17, 15) is 4.79 Å². The number of rotatable bonds is 6. The van der Waals surface area contributed by atoms with Gasteiger partial charge < -0.3 is 4.90 Å². The normalized spacial score (nSPS) is 11.0. The smallest absolute Gasteiger partial charge is 0.193 e. The maximum absolute atomic E-state index is 13.0. The van der Waals surface area contributed by atoms with Crippen LogP contribution in [0.4, 0.5) is 11.5 Å². The summed E-state index contributed by atoms with van der Waals surface area (Å²) in [5, 5.41) is 0.575. The Labute approximate surface area is 169 Å². The molecule has 0 aliphatic heterocycles. The summed E-state index contributed by atoms with van der Waals surface area (Å²) < 4.78 is 2.07. The molecule has 2 aromatic heterocycles. The molecule has 0 radical (unpaired) electrons. The van der Waals surface area contributed by atoms with Crippen molar-refractivity contribution in [1.29, 1.82) is 0 Å². The highest BCUT2D eigenvalue weighted by Gasteiger charge is 2.18. The van der Waals surface area contributed by atoms with Gasteiger partial charge in [0.05, 0.1) is 10.9 Å². The van der Waals surface area contributed by atoms with Gasteiger partial charge in [-0.3, -0.25) is 19.2 Å². The Balaban J connectivity index is 2.05. The molecule has 0 aliphatic rings. The molecule has 4 rings (SSSR count). The first-order chi connectivity index (χ1) is 14.2. The number of para-hydroxylation sites is 2. The van der Waals surface area contributed by atoms with E-state index in [1.807, 2.05) is 78.6 Å². The fourth-order valence-electron chi connectivity index (χ4n) is 3.36. The van der Waals surface area contributed by atoms with Crippen LogP contribution in [0.1, 0.15) is 5.69 Å². The van der Waals surface area contributed by atoms with Crippen molar-refractivity contribution in [2.75, 3.05) is 18.7 Å². The minimum absolute atomic E-state index is 0.0833. The second kappa shape index (κ2) is 8.26. The predicted molar refractivity (Wildman–Crippen MR) is 116 cm³/mol. The summed E-state index contributed by atoms with van der Waals surface area (Å²) in [6.45, 7) is 2.15. The van der Waals surface area contributed by atoms with Crippen LogP contribution in [0.3, 0.4) is 0 Å². The highest BCUT2D eigenvalue weighted by atomic mass is 16.7. The topological polar surface area (TPSA) is 59.4 Å². The average Bonchev–Trinajstić information content (AvgIpc) is 2.75. The summed E-state index contributed by atoms with van der Waals surface area (Å²) in [7, 11) is 1.71. The van der Waals surface area contributed by atoms with Gasteiger partial charge in [-0.05, 0) is 37.3 Å². The van der Waals surface area contributed by atoms with Gasteiger partial charge >= 0.3 is 0 Å². The van der Waals surface area contributed by atoms with Crippen LogP contribution in [-0.2, 0) is 4.84 Å². The Morgan fingerprint density at radius 2 is 1.72 bits per heavy atom. The average molecular weight is 386 g/mol. The van der Waals surface area contributed by atoms with Crippen LogP contribution in [0.2, 0.25) is 0 Å². The standard InChI is InChI=1S/C23H22N4O2/c1-17-13-21-20(15-25-17)22(28)14-23(27(21)19-11-7-4-8-12-19)26(16-29-24-2)18-9-5-3-6-10-18/h3-15,24H,16H2,1-2H3. The van der Waals surface area contributed by atoms with Crippen molar-refractivity contribution in [2.24, 2.45) is 0 Å². The molecular weight excluding hydrogens is 364 g/mol. The number of hydroxylamine groups is 1. The van der Waals surface area contributed by atoms with Crippen molar-refractivity contribution in [3.8, 4) is 5.69 Å². The molecule has 0 unspecified atom stereocenters. The molecular formula is C23H22N4O2. The lowest BCUT2D eigenvalue weighted by atomic mass is 10.2. The third-order valence-corrected chi connectivity index (χ3v) is 4.71. The van der Waals surface area contributed by atoms with E-state index in [-0.39, 0.29) is 12.2 Å². The maximum atomic E-state index is 13.0. The molecule has 146 valence electrons. The summed E-state index contributed by atoms with van der Waals surface area (Å²) in [6, 6.07) is 23.4. The Bertz CT molecular complexity index is 1170. The van der Waals surface area contributed by atoms with Gasteiger partial charge in [-0.1, -0.05) is 36.4 Å². The number of benzene rings is 2. The Morgan fingerprint density at radius 1 is 1.03 bits per heavy atom. The van der Waals surface area contributed by atoms with Gasteiger partial charge in [0.15, 0.2) is 5.43 Å². The van der Waals surface area contributed by atoms with Gasteiger partial charge in [-0.15, -0.1) is 0 Å². The molecule has 0 spiro atoms. The minimum Gasteiger partial charge on any atom is -0.302 e. The highest BCUT2D eigenvalue weighted by Crippen LogP contribution is 2.30. The van der Waals surface area contributed by atoms with E-state index >= 15 is 0 Å². The number of nitrogens with zero attached hydrogens (tertiary/aromatic N) is 3. The largest absolute Gasteiger partial charge is 0.302 e. The first-order valence-corrected chi connectivity index (χ1v) is 9.38. The van der Waals surface area contributed by atoms with E-state index in [0.29, 0.717) is 11.2 Å². The third kappa shape index (κ3) is 3.76. The first kappa shape index (κ1) is 18.9. The fourth-order valence-corrected chi connectivity index (χ4v) is 3.36. The van der Waals surface area contributed by atoms with Crippen molar-refractivity contribution >= 4 is 22.4 Å². The minimum atomic E-state index is -0.0833. The van der Waals surface area contributed by atoms with Gasteiger partial charge in [0.1, 0.15) is 12.5 Å². The fraction of sp³-hybridized carbons (Fsp3) is 0.130. The van der Waals surface area contributed by atoms with Crippen LogP contribution in [0.5, 0.6) is 0 Å². The number of hydrogen-bond acceptors (Lipinski definition) is 5. The van der Waals surface area contributed by atoms with E-state index in [1.54, 1.807) is 19.3 Å². The maximum Gasteiger partial charge on any atom is 0.193 e. The number of aryl methyl sites for hydroxylation is 1. The Hall–Kier alpha value is -3.48. The van der Waals surface area contributed by atoms with E-state index < -0.39 is 0 Å². The molecule has 0 aliphatic carbocycles. The molecule has 0 bridgehead atoms. The lowest BCUT2D eigenvalue weighted by Crippen LogP contribution is -2.28. The van der Waals surface area contributed by atoms with Crippen molar-refractivity contribution < 1.29 is 4.84 Å². The summed E-state index contributed by atoms with van der Waals surface area (Å²) in [4.78, 5) is 24.8. The second-order valence-corrected chi connectivity index (χ2v) is 6.62. The van der Waals surface area contributed by atoms with E-state index in [2.05, 4.69) is 15.0 Å². The van der Waals surface area contributed by atoms with Gasteiger partial charge in [0.2, 0.25) is 0 Å². The molecule has 0 saturated heterocycles. The van der Waals surface area contributed by atoms with E-state index in [1.165, 1.54) is 0 Å². The molecule has 1 N–H and O–H groups in total. The molecule has 0 saturated carbocycles. The van der Waals surface area contributed by atoms with E-state index in [0.717, 1.165) is 22.6 Å². The quantitative estimate of drug-likeness (QED) is 0.402. The third-order valence-electron chi connectivity index (χ3n) is 4.71. The first-order valence-electron chi connectivity index (χ1n) is 9.38. The summed E-state index contributed by atoms with van der Waals surface area (Å²) in [6.07, 6.45) is 1.65. The van der Waals surface area contributed by atoms with Gasteiger partial charge in [0, 0.05) is 36.4 Å². The number of nitrogens with one attached hydrogen (secondary N) is 1. The van der Waals surface area contributed by atoms with Crippen molar-refractivity contribution in [1.82, 2.24) is 15.0 Å². The Kier molecular flexibility index (Phi) is 5.37. The SMILES string of the molecule is CNOCN(c1ccccc1)c1cc(=O)c2cnc(C)cc2n1-c1ccccc1. The van der Waals surface area contributed by atoms with Crippen LogP contribution in [0.15, 0.2) is 83.8 Å². The molecule has 29 heavy (non-hydrogen) atoms. The van der Waals surface area contributed by atoms with Crippen molar-refractivity contribution in [3.05, 3.63) is 94.9 Å². The van der Waals surface area contributed by atoms with Crippen LogP contribution in [0.25, 0.3) is 16.6 Å². The zero-order valence-corrected chi connectivity index (χ0v) is 16.4. The number of hydrogen-bond donors (Lipinski definition) is 1. The van der Waals surface area contributed by atoms with Crippen LogP contribution in [-0.4, -0.2) is 23.3 Å². The number of pyridine rings is 2. The van der Waals surface area contributed by atoms with Crippen LogP contribution in [0, 0.1) is 6.92 Å². The lowest BCUT2D eigenvalue weighted by Gasteiger charge is -2.28. The van der Waals surface area contributed by atoms with Gasteiger partial charge in [0.25, 0.3) is 0 Å². The molecule has 6 nitrogen and oxygen atoms in total. The lowest BCUT2D eigenvalue weighted by molar-refractivity contribution is 0.0627. The number of anilines is 2. The summed E-state index contributed by atoms with van der Waals surface area (Å²) in [5.74, 6) is 0.709. The van der Waals surface area contributed by atoms with E-state index in [4.69, 9.17) is 4.84 Å². The van der Waals surface area contributed by atoms with Crippen LogP contribution >= 0.6 is 0 Å². The monoisotopic (exact) mass is 386 g/mol. The zero-order chi connectivity index (χ0) is 20.2. The molecule has 2 aromatic carbocycles. The molecule has 4 aromatic rings. The summed E-state index contributed by atoms with van der Waals surface area (Å²) in [5.41, 5.74) is 6.14. The molecule has 0 atom stereocenters. The van der Waals surface area contributed by atoms with Crippen molar-refractivity contribution in [3.63, 3.8) is 0 Å². The van der Waals surface area contributed by atoms with Crippen LogP contribution < -0.4 is 15.8 Å². The van der Waals surface area contributed by atoms with Crippen molar-refractivity contribution in [2.45, 2.75) is 6.92 Å². The van der Waals surface area contributed by atoms with Gasteiger partial charge in [-0.25, -0.2) is 5.48 Å². The summed E-state index contributed by atoms with van der Waals surface area (Å²) >= 11 is 0. The molecule has 0 fully saturated rings. The number of aromatic nitrogens is 2. The van der Waals surface area contributed by atoms with Gasteiger partial charge in [-0.2, -0.15) is 0 Å². The molecule has 6 heteroatoms. The molecule has 0 amide bonds. The zero-order valence-electron chi connectivity index (χ0n) is 16.4. The highest BCUT2D eigenvalue weighted by molar-refractivity contribution is 5.84. The second-order valence-electron chi connectivity index (χ2n) is 6.62. The number of fused-ring (bicyclic) bond motifs is 1. The molecule has 2 heterocycles. The predicted octanol–water partition coefficient (Wildman–Crippen LogP) is 3.94. The Morgan fingerprint density at radius 3 is 2.41 bits per heavy atom.